The highest BCUT2D eigenvalue weighted by Crippen LogP contribution is 2.44. The Bertz CT molecular complexity index is 720. The van der Waals surface area contributed by atoms with Crippen molar-refractivity contribution in [1.82, 2.24) is 9.80 Å². The van der Waals surface area contributed by atoms with Crippen LogP contribution in [-0.2, 0) is 11.2 Å². The third kappa shape index (κ3) is 3.47. The molecule has 2 aliphatic carbocycles. The van der Waals surface area contributed by atoms with Crippen molar-refractivity contribution in [3.8, 4) is 0 Å². The molecule has 3 fully saturated rings. The quantitative estimate of drug-likeness (QED) is 0.741. The number of amides is 1. The molecule has 144 valence electrons. The normalized spacial score (nSPS) is 33.0. The molecule has 0 spiro atoms. The molecular formula is C24H32N2O. The number of nitrogens with zero attached hydrogens (tertiary/aromatic N) is 2. The zero-order chi connectivity index (χ0) is 18.4. The number of hydrogen-bond acceptors (Lipinski definition) is 2. The van der Waals surface area contributed by atoms with Crippen molar-refractivity contribution in [2.75, 3.05) is 26.2 Å². The molecule has 3 nitrogen and oxygen atoms in total. The van der Waals surface area contributed by atoms with Gasteiger partial charge < -0.3 is 9.80 Å². The minimum atomic E-state index is 0.351. The first-order valence-corrected chi connectivity index (χ1v) is 11.0. The summed E-state index contributed by atoms with van der Waals surface area (Å²) in [5, 5.41) is 0. The fraction of sp³-hybridized carbons (Fsp3) is 0.625. The number of hydrogen-bond donors (Lipinski definition) is 0. The van der Waals surface area contributed by atoms with E-state index in [2.05, 4.69) is 53.1 Å². The van der Waals surface area contributed by atoms with Crippen LogP contribution in [0, 0.1) is 17.8 Å². The molecule has 3 heteroatoms. The Kier molecular flexibility index (Phi) is 4.59. The molecule has 0 N–H and O–H groups in total. The van der Waals surface area contributed by atoms with Crippen molar-refractivity contribution in [2.45, 2.75) is 51.0 Å². The Balaban J connectivity index is 1.20. The largest absolute Gasteiger partial charge is 0.342 e. The maximum atomic E-state index is 12.4. The Morgan fingerprint density at radius 1 is 1.07 bits per heavy atom. The summed E-state index contributed by atoms with van der Waals surface area (Å²) in [6.45, 7) is 6.71. The number of benzene rings is 1. The van der Waals surface area contributed by atoms with Crippen molar-refractivity contribution in [1.29, 1.82) is 0 Å². The molecular weight excluding hydrogens is 332 g/mol. The van der Waals surface area contributed by atoms with Gasteiger partial charge in [0, 0.05) is 37.5 Å². The van der Waals surface area contributed by atoms with E-state index in [1.165, 1.54) is 37.1 Å². The van der Waals surface area contributed by atoms with Gasteiger partial charge in [-0.15, -0.1) is 0 Å². The molecule has 4 atom stereocenters. The van der Waals surface area contributed by atoms with E-state index in [-0.39, 0.29) is 0 Å². The van der Waals surface area contributed by atoms with Crippen LogP contribution in [0.4, 0.5) is 0 Å². The van der Waals surface area contributed by atoms with Gasteiger partial charge in [-0.2, -0.15) is 0 Å². The molecule has 4 aliphatic rings. The van der Waals surface area contributed by atoms with Gasteiger partial charge in [-0.1, -0.05) is 36.4 Å². The minimum absolute atomic E-state index is 0.351. The van der Waals surface area contributed by atoms with Gasteiger partial charge >= 0.3 is 0 Å². The zero-order valence-corrected chi connectivity index (χ0v) is 16.5. The first-order chi connectivity index (χ1) is 13.2. The molecule has 0 aromatic heterocycles. The average molecular weight is 365 g/mol. The predicted molar refractivity (Wildman–Crippen MR) is 109 cm³/mol. The van der Waals surface area contributed by atoms with Crippen LogP contribution >= 0.6 is 0 Å². The van der Waals surface area contributed by atoms with Crippen LogP contribution in [0.1, 0.15) is 49.7 Å². The van der Waals surface area contributed by atoms with Crippen LogP contribution < -0.4 is 0 Å². The van der Waals surface area contributed by atoms with E-state index >= 15 is 0 Å². The standard InChI is InChI=1S/C24H32N2O/c1-17-3-2-13-25(17)14-12-18-4-6-19(7-5-18)22-11-10-21-15-26(16-23(21)22)24(27)20-8-9-20/h4-7,10-11,17,20-23H,2-3,8-9,12-16H2,1H3. The summed E-state index contributed by atoms with van der Waals surface area (Å²) < 4.78 is 0. The molecule has 0 bridgehead atoms. The van der Waals surface area contributed by atoms with Gasteiger partial charge in [0.15, 0.2) is 0 Å². The molecule has 4 unspecified atom stereocenters. The van der Waals surface area contributed by atoms with Crippen molar-refractivity contribution in [2.24, 2.45) is 17.8 Å². The van der Waals surface area contributed by atoms with Crippen molar-refractivity contribution in [3.05, 3.63) is 47.5 Å². The Morgan fingerprint density at radius 2 is 1.89 bits per heavy atom. The van der Waals surface area contributed by atoms with Gasteiger partial charge in [-0.3, -0.25) is 4.79 Å². The summed E-state index contributed by atoms with van der Waals surface area (Å²) in [6.07, 6.45) is 10.9. The van der Waals surface area contributed by atoms with E-state index in [0.717, 1.165) is 38.4 Å². The van der Waals surface area contributed by atoms with Gasteiger partial charge in [0.2, 0.25) is 5.91 Å². The minimum Gasteiger partial charge on any atom is -0.342 e. The van der Waals surface area contributed by atoms with E-state index in [9.17, 15) is 4.79 Å². The highest BCUT2D eigenvalue weighted by molar-refractivity contribution is 5.81. The van der Waals surface area contributed by atoms with Crippen LogP contribution in [0.15, 0.2) is 36.4 Å². The highest BCUT2D eigenvalue weighted by Gasteiger charge is 2.44. The zero-order valence-electron chi connectivity index (χ0n) is 16.5. The summed E-state index contributed by atoms with van der Waals surface area (Å²) in [5.74, 6) is 2.41. The molecule has 5 rings (SSSR count). The van der Waals surface area contributed by atoms with Crippen molar-refractivity contribution >= 4 is 5.91 Å². The van der Waals surface area contributed by atoms with Crippen molar-refractivity contribution in [3.63, 3.8) is 0 Å². The van der Waals surface area contributed by atoms with Gasteiger partial charge in [0.05, 0.1) is 0 Å². The number of allylic oxidation sites excluding steroid dienone is 1. The summed E-state index contributed by atoms with van der Waals surface area (Å²) in [4.78, 5) is 17.2. The van der Waals surface area contributed by atoms with Gasteiger partial charge in [0.25, 0.3) is 0 Å². The molecule has 1 amide bonds. The van der Waals surface area contributed by atoms with Crippen LogP contribution in [-0.4, -0.2) is 47.9 Å². The van der Waals surface area contributed by atoms with E-state index in [1.54, 1.807) is 0 Å². The summed E-state index contributed by atoms with van der Waals surface area (Å²) in [5.41, 5.74) is 2.88. The Hall–Kier alpha value is -1.61. The smallest absolute Gasteiger partial charge is 0.225 e. The third-order valence-electron chi connectivity index (χ3n) is 7.42. The van der Waals surface area contributed by atoms with Gasteiger partial charge in [-0.25, -0.2) is 0 Å². The summed E-state index contributed by atoms with van der Waals surface area (Å²) >= 11 is 0. The molecule has 1 aromatic carbocycles. The SMILES string of the molecule is CC1CCCN1CCc1ccc(C2C=CC3CN(C(=O)C4CC4)CC32)cc1. The number of carbonyl (C=O) groups excluding carboxylic acids is 1. The third-order valence-corrected chi connectivity index (χ3v) is 7.42. The van der Waals surface area contributed by atoms with Gasteiger partial charge in [0.1, 0.15) is 0 Å². The highest BCUT2D eigenvalue weighted by atomic mass is 16.2. The Labute approximate surface area is 163 Å². The lowest BCUT2D eigenvalue weighted by Gasteiger charge is -2.22. The van der Waals surface area contributed by atoms with Crippen LogP contribution in [0.2, 0.25) is 0 Å². The molecule has 2 saturated heterocycles. The number of carbonyl (C=O) groups is 1. The lowest BCUT2D eigenvalue weighted by Crippen LogP contribution is -2.30. The topological polar surface area (TPSA) is 23.6 Å². The second-order valence-corrected chi connectivity index (χ2v) is 9.27. The molecule has 2 aliphatic heterocycles. The maximum absolute atomic E-state index is 12.4. The predicted octanol–water partition coefficient (Wildman–Crippen LogP) is 3.85. The summed E-state index contributed by atoms with van der Waals surface area (Å²) in [7, 11) is 0. The fourth-order valence-corrected chi connectivity index (χ4v) is 5.47. The van der Waals surface area contributed by atoms with E-state index < -0.39 is 0 Å². The van der Waals surface area contributed by atoms with Crippen LogP contribution in [0.25, 0.3) is 0 Å². The molecule has 1 aromatic rings. The van der Waals surface area contributed by atoms with Gasteiger partial charge in [-0.05, 0) is 68.5 Å². The molecule has 0 radical (unpaired) electrons. The first-order valence-electron chi connectivity index (χ1n) is 11.0. The monoisotopic (exact) mass is 364 g/mol. The first kappa shape index (κ1) is 17.5. The van der Waals surface area contributed by atoms with E-state index in [4.69, 9.17) is 0 Å². The number of likely N-dealkylation sites (tertiary alicyclic amines) is 2. The Morgan fingerprint density at radius 3 is 2.59 bits per heavy atom. The van der Waals surface area contributed by atoms with E-state index in [1.807, 2.05) is 0 Å². The van der Waals surface area contributed by atoms with Crippen LogP contribution in [0.3, 0.4) is 0 Å². The number of rotatable bonds is 5. The summed E-state index contributed by atoms with van der Waals surface area (Å²) in [6, 6.07) is 10.1. The maximum Gasteiger partial charge on any atom is 0.225 e. The average Bonchev–Trinajstić information content (AvgIpc) is 3.13. The lowest BCUT2D eigenvalue weighted by molar-refractivity contribution is -0.131. The lowest BCUT2D eigenvalue weighted by atomic mass is 9.85. The molecule has 27 heavy (non-hydrogen) atoms. The number of fused-ring (bicyclic) bond motifs is 1. The molecule has 1 saturated carbocycles. The molecule has 2 heterocycles. The second-order valence-electron chi connectivity index (χ2n) is 9.27. The van der Waals surface area contributed by atoms with E-state index in [0.29, 0.717) is 29.6 Å². The fourth-order valence-electron chi connectivity index (χ4n) is 5.47. The van der Waals surface area contributed by atoms with Crippen molar-refractivity contribution < 1.29 is 4.79 Å². The second kappa shape index (κ2) is 7.09. The van der Waals surface area contributed by atoms with Crippen LogP contribution in [0.5, 0.6) is 0 Å².